The van der Waals surface area contributed by atoms with E-state index in [4.69, 9.17) is 10.5 Å². The van der Waals surface area contributed by atoms with Crippen LogP contribution in [-0.2, 0) is 19.6 Å². The summed E-state index contributed by atoms with van der Waals surface area (Å²) in [5.41, 5.74) is 8.15. The lowest BCUT2D eigenvalue weighted by atomic mass is 10.1. The Kier molecular flexibility index (Phi) is 5.79. The highest BCUT2D eigenvalue weighted by Crippen LogP contribution is 2.22. The second-order valence-electron chi connectivity index (χ2n) is 5.43. The minimum Gasteiger partial charge on any atom is -0.496 e. The van der Waals surface area contributed by atoms with Crippen molar-refractivity contribution in [1.29, 1.82) is 0 Å². The Labute approximate surface area is 131 Å². The van der Waals surface area contributed by atoms with Crippen LogP contribution in [0.5, 0.6) is 5.75 Å². The van der Waals surface area contributed by atoms with Gasteiger partial charge in [-0.3, -0.25) is 4.90 Å². The third-order valence-corrected chi connectivity index (χ3v) is 4.48. The van der Waals surface area contributed by atoms with E-state index in [1.807, 2.05) is 17.4 Å². The molecule has 4 heteroatoms. The molecule has 0 saturated carbocycles. The number of nitrogens with zero attached hydrogens (tertiary/aromatic N) is 1. The van der Waals surface area contributed by atoms with Gasteiger partial charge >= 0.3 is 0 Å². The molecule has 0 atom stereocenters. The molecule has 0 saturated heterocycles. The lowest BCUT2D eigenvalue weighted by molar-refractivity contribution is 0.205. The first-order chi connectivity index (χ1) is 10.1. The lowest BCUT2D eigenvalue weighted by Crippen LogP contribution is -2.29. The first kappa shape index (κ1) is 16.0. The maximum absolute atomic E-state index is 5.80. The van der Waals surface area contributed by atoms with Gasteiger partial charge in [0.25, 0.3) is 0 Å². The quantitative estimate of drug-likeness (QED) is 0.849. The molecule has 1 aromatic heterocycles. The van der Waals surface area contributed by atoms with Crippen LogP contribution in [0.4, 0.5) is 0 Å². The summed E-state index contributed by atoms with van der Waals surface area (Å²) in [5, 5.41) is 2.13. The molecule has 2 aromatic rings. The molecule has 0 bridgehead atoms. The zero-order valence-corrected chi connectivity index (χ0v) is 13.8. The Hall–Kier alpha value is -1.36. The summed E-state index contributed by atoms with van der Waals surface area (Å²) in [7, 11) is 1.69. The topological polar surface area (TPSA) is 38.5 Å². The average Bonchev–Trinajstić information content (AvgIpc) is 2.99. The Morgan fingerprint density at radius 2 is 2.05 bits per heavy atom. The van der Waals surface area contributed by atoms with Crippen molar-refractivity contribution in [3.05, 3.63) is 51.7 Å². The van der Waals surface area contributed by atoms with E-state index in [-0.39, 0.29) is 0 Å². The monoisotopic (exact) mass is 304 g/mol. The zero-order valence-electron chi connectivity index (χ0n) is 13.0. The molecule has 1 heterocycles. The van der Waals surface area contributed by atoms with Crippen molar-refractivity contribution in [2.24, 2.45) is 5.73 Å². The fourth-order valence-corrected chi connectivity index (χ4v) is 3.08. The summed E-state index contributed by atoms with van der Waals surface area (Å²) in [5.74, 6) is 0.871. The highest BCUT2D eigenvalue weighted by Gasteiger charge is 2.12. The molecule has 1 aromatic carbocycles. The van der Waals surface area contributed by atoms with Gasteiger partial charge in [0.05, 0.1) is 7.11 Å². The van der Waals surface area contributed by atoms with Crippen LogP contribution in [0.25, 0.3) is 0 Å². The van der Waals surface area contributed by atoms with Gasteiger partial charge < -0.3 is 10.5 Å². The Bertz CT molecular complexity index is 552. The highest BCUT2D eigenvalue weighted by atomic mass is 32.1. The number of nitrogens with two attached hydrogens (primary N) is 1. The molecular weight excluding hydrogens is 280 g/mol. The summed E-state index contributed by atoms with van der Waals surface area (Å²) in [6.45, 7) is 6.89. The van der Waals surface area contributed by atoms with Gasteiger partial charge in [0.1, 0.15) is 5.75 Å². The SMILES string of the molecule is COc1ccc(CN(Cc2cccs2)C(C)C)cc1CN. The largest absolute Gasteiger partial charge is 0.496 e. The molecule has 21 heavy (non-hydrogen) atoms. The van der Waals surface area contributed by atoms with Gasteiger partial charge in [-0.05, 0) is 43.0 Å². The summed E-state index contributed by atoms with van der Waals surface area (Å²) in [4.78, 5) is 3.87. The van der Waals surface area contributed by atoms with Crippen LogP contribution >= 0.6 is 11.3 Å². The van der Waals surface area contributed by atoms with Crippen LogP contribution in [0.1, 0.15) is 29.9 Å². The molecule has 0 fully saturated rings. The molecule has 0 radical (unpaired) electrons. The second-order valence-corrected chi connectivity index (χ2v) is 6.46. The summed E-state index contributed by atoms with van der Waals surface area (Å²) >= 11 is 1.81. The predicted molar refractivity (Wildman–Crippen MR) is 89.6 cm³/mol. The summed E-state index contributed by atoms with van der Waals surface area (Å²) in [6, 6.07) is 11.1. The van der Waals surface area contributed by atoms with E-state index in [9.17, 15) is 0 Å². The van der Waals surface area contributed by atoms with Gasteiger partial charge in [0, 0.05) is 36.1 Å². The Morgan fingerprint density at radius 1 is 1.24 bits per heavy atom. The molecule has 114 valence electrons. The number of thiophene rings is 1. The van der Waals surface area contributed by atoms with Gasteiger partial charge in [-0.1, -0.05) is 12.1 Å². The van der Waals surface area contributed by atoms with Crippen molar-refractivity contribution in [3.63, 3.8) is 0 Å². The van der Waals surface area contributed by atoms with Crippen LogP contribution in [0.15, 0.2) is 35.7 Å². The van der Waals surface area contributed by atoms with Crippen LogP contribution in [0.2, 0.25) is 0 Å². The zero-order chi connectivity index (χ0) is 15.2. The second kappa shape index (κ2) is 7.59. The van der Waals surface area contributed by atoms with Crippen molar-refractivity contribution < 1.29 is 4.74 Å². The normalized spacial score (nSPS) is 11.3. The minimum absolute atomic E-state index is 0.496. The highest BCUT2D eigenvalue weighted by molar-refractivity contribution is 7.09. The third-order valence-electron chi connectivity index (χ3n) is 3.62. The first-order valence-corrected chi connectivity index (χ1v) is 8.14. The van der Waals surface area contributed by atoms with E-state index in [1.165, 1.54) is 10.4 Å². The fraction of sp³-hybridized carbons (Fsp3) is 0.412. The summed E-state index contributed by atoms with van der Waals surface area (Å²) in [6.07, 6.45) is 0. The number of methoxy groups -OCH3 is 1. The van der Waals surface area contributed by atoms with Crippen LogP contribution in [0, 0.1) is 0 Å². The molecule has 3 nitrogen and oxygen atoms in total. The van der Waals surface area contributed by atoms with E-state index in [0.717, 1.165) is 24.4 Å². The van der Waals surface area contributed by atoms with Gasteiger partial charge in [-0.25, -0.2) is 0 Å². The van der Waals surface area contributed by atoms with Gasteiger partial charge in [-0.15, -0.1) is 11.3 Å². The smallest absolute Gasteiger partial charge is 0.123 e. The van der Waals surface area contributed by atoms with E-state index in [2.05, 4.69) is 48.4 Å². The van der Waals surface area contributed by atoms with Crippen LogP contribution < -0.4 is 10.5 Å². The number of hydrogen-bond donors (Lipinski definition) is 1. The predicted octanol–water partition coefficient (Wildman–Crippen LogP) is 3.63. The van der Waals surface area contributed by atoms with Gasteiger partial charge in [0.2, 0.25) is 0 Å². The van der Waals surface area contributed by atoms with Crippen molar-refractivity contribution in [3.8, 4) is 5.75 Å². The van der Waals surface area contributed by atoms with E-state index in [1.54, 1.807) is 7.11 Å². The van der Waals surface area contributed by atoms with Crippen molar-refractivity contribution in [2.45, 2.75) is 39.5 Å². The van der Waals surface area contributed by atoms with Gasteiger partial charge in [0.15, 0.2) is 0 Å². The molecule has 0 aliphatic heterocycles. The number of benzene rings is 1. The number of rotatable bonds is 7. The van der Waals surface area contributed by atoms with E-state index < -0.39 is 0 Å². The van der Waals surface area contributed by atoms with Crippen molar-refractivity contribution in [2.75, 3.05) is 7.11 Å². The standard InChI is InChI=1S/C17H24N2OS/c1-13(2)19(12-16-5-4-8-21-16)11-14-6-7-17(20-3)15(9-14)10-18/h4-9,13H,10-12,18H2,1-3H3. The number of ether oxygens (including phenoxy) is 1. The third kappa shape index (κ3) is 4.30. The Morgan fingerprint density at radius 3 is 2.62 bits per heavy atom. The van der Waals surface area contributed by atoms with Crippen LogP contribution in [-0.4, -0.2) is 18.1 Å². The lowest BCUT2D eigenvalue weighted by Gasteiger charge is -2.26. The van der Waals surface area contributed by atoms with Crippen molar-refractivity contribution in [1.82, 2.24) is 4.90 Å². The number of hydrogen-bond acceptors (Lipinski definition) is 4. The van der Waals surface area contributed by atoms with Crippen LogP contribution in [0.3, 0.4) is 0 Å². The van der Waals surface area contributed by atoms with E-state index in [0.29, 0.717) is 12.6 Å². The minimum atomic E-state index is 0.496. The first-order valence-electron chi connectivity index (χ1n) is 7.26. The molecule has 0 spiro atoms. The molecular formula is C17H24N2OS. The maximum atomic E-state index is 5.80. The summed E-state index contributed by atoms with van der Waals surface area (Å²) < 4.78 is 5.34. The molecule has 0 unspecified atom stereocenters. The average molecular weight is 304 g/mol. The molecule has 0 aliphatic rings. The van der Waals surface area contributed by atoms with Gasteiger partial charge in [-0.2, -0.15) is 0 Å². The molecule has 0 aliphatic carbocycles. The maximum Gasteiger partial charge on any atom is 0.123 e. The molecule has 2 rings (SSSR count). The fourth-order valence-electron chi connectivity index (χ4n) is 2.35. The van der Waals surface area contributed by atoms with Crippen molar-refractivity contribution >= 4 is 11.3 Å². The molecule has 2 N–H and O–H groups in total. The Balaban J connectivity index is 2.13. The molecule has 0 amide bonds. The van der Waals surface area contributed by atoms with E-state index >= 15 is 0 Å².